The molecule has 5 heteroatoms. The first-order valence-corrected chi connectivity index (χ1v) is 7.44. The fourth-order valence-corrected chi connectivity index (χ4v) is 3.20. The molecular formula is C15H23N5. The van der Waals surface area contributed by atoms with Gasteiger partial charge in [-0.3, -0.25) is 0 Å². The van der Waals surface area contributed by atoms with Crippen molar-refractivity contribution in [1.82, 2.24) is 19.9 Å². The van der Waals surface area contributed by atoms with Gasteiger partial charge in [0.2, 0.25) is 0 Å². The van der Waals surface area contributed by atoms with E-state index in [0.717, 1.165) is 29.9 Å². The molecule has 1 saturated heterocycles. The van der Waals surface area contributed by atoms with Gasteiger partial charge in [0.15, 0.2) is 0 Å². The number of aromatic amines is 1. The Balaban J connectivity index is 1.90. The number of fused-ring (bicyclic) bond motifs is 1. The smallest absolute Gasteiger partial charge is 0.142 e. The molecule has 1 fully saturated rings. The number of anilines is 1. The van der Waals surface area contributed by atoms with Gasteiger partial charge in [-0.05, 0) is 31.5 Å². The van der Waals surface area contributed by atoms with E-state index in [0.29, 0.717) is 12.0 Å². The van der Waals surface area contributed by atoms with Crippen molar-refractivity contribution in [2.75, 3.05) is 31.6 Å². The van der Waals surface area contributed by atoms with Gasteiger partial charge in [-0.2, -0.15) is 0 Å². The molecule has 0 aliphatic carbocycles. The summed E-state index contributed by atoms with van der Waals surface area (Å²) in [7, 11) is 2.16. The third kappa shape index (κ3) is 2.26. The van der Waals surface area contributed by atoms with Crippen LogP contribution in [0.2, 0.25) is 0 Å². The molecule has 0 saturated carbocycles. The maximum Gasteiger partial charge on any atom is 0.142 e. The molecule has 108 valence electrons. The van der Waals surface area contributed by atoms with Crippen LogP contribution in [-0.4, -0.2) is 52.6 Å². The summed E-state index contributed by atoms with van der Waals surface area (Å²) in [5.74, 6) is 1.72. The van der Waals surface area contributed by atoms with E-state index in [1.807, 2.05) is 6.20 Å². The fraction of sp³-hybridized carbons (Fsp3) is 0.600. The maximum atomic E-state index is 4.52. The molecule has 0 spiro atoms. The zero-order valence-electron chi connectivity index (χ0n) is 12.5. The SMILES string of the molecule is CCN1CC[C@@H](C)[C@@H](N(C)c2ncnc3[nH]ccc23)C1. The minimum absolute atomic E-state index is 0.511. The zero-order valence-corrected chi connectivity index (χ0v) is 12.5. The molecule has 3 heterocycles. The van der Waals surface area contributed by atoms with Crippen molar-refractivity contribution < 1.29 is 0 Å². The van der Waals surface area contributed by atoms with Gasteiger partial charge in [0.05, 0.1) is 5.39 Å². The molecule has 0 radical (unpaired) electrons. The summed E-state index contributed by atoms with van der Waals surface area (Å²) in [6.45, 7) is 8.04. The minimum Gasteiger partial charge on any atom is -0.354 e. The molecule has 1 aliphatic heterocycles. The Morgan fingerprint density at radius 3 is 3.10 bits per heavy atom. The summed E-state index contributed by atoms with van der Waals surface area (Å²) in [5, 5.41) is 1.11. The molecule has 2 atom stereocenters. The number of likely N-dealkylation sites (tertiary alicyclic amines) is 1. The molecule has 0 bridgehead atoms. The molecule has 0 unspecified atom stereocenters. The van der Waals surface area contributed by atoms with E-state index in [1.165, 1.54) is 13.0 Å². The normalized spacial score (nSPS) is 24.1. The number of rotatable bonds is 3. The highest BCUT2D eigenvalue weighted by atomic mass is 15.3. The topological polar surface area (TPSA) is 48.1 Å². The number of piperidine rings is 1. The van der Waals surface area contributed by atoms with Crippen LogP contribution < -0.4 is 4.90 Å². The molecule has 3 rings (SSSR count). The number of nitrogens with zero attached hydrogens (tertiary/aromatic N) is 4. The van der Waals surface area contributed by atoms with Crippen molar-refractivity contribution in [3.63, 3.8) is 0 Å². The third-order valence-electron chi connectivity index (χ3n) is 4.61. The molecule has 20 heavy (non-hydrogen) atoms. The lowest BCUT2D eigenvalue weighted by molar-refractivity contribution is 0.173. The van der Waals surface area contributed by atoms with E-state index in [9.17, 15) is 0 Å². The number of nitrogens with one attached hydrogen (secondary N) is 1. The van der Waals surface area contributed by atoms with Crippen LogP contribution in [0.5, 0.6) is 0 Å². The largest absolute Gasteiger partial charge is 0.354 e. The number of hydrogen-bond acceptors (Lipinski definition) is 4. The molecule has 1 aliphatic rings. The average molecular weight is 273 g/mol. The molecule has 2 aromatic heterocycles. The van der Waals surface area contributed by atoms with E-state index in [1.54, 1.807) is 6.33 Å². The van der Waals surface area contributed by atoms with Crippen LogP contribution in [0.4, 0.5) is 5.82 Å². The summed E-state index contributed by atoms with van der Waals surface area (Å²) in [4.78, 5) is 16.8. The third-order valence-corrected chi connectivity index (χ3v) is 4.61. The highest BCUT2D eigenvalue weighted by Gasteiger charge is 2.29. The van der Waals surface area contributed by atoms with Crippen LogP contribution in [0.25, 0.3) is 11.0 Å². The Labute approximate surface area is 120 Å². The Morgan fingerprint density at radius 1 is 1.45 bits per heavy atom. The molecule has 5 nitrogen and oxygen atoms in total. The Kier molecular flexibility index (Phi) is 3.61. The van der Waals surface area contributed by atoms with E-state index in [-0.39, 0.29) is 0 Å². The van der Waals surface area contributed by atoms with Gasteiger partial charge >= 0.3 is 0 Å². The van der Waals surface area contributed by atoms with E-state index >= 15 is 0 Å². The lowest BCUT2D eigenvalue weighted by atomic mass is 9.92. The van der Waals surface area contributed by atoms with Crippen LogP contribution in [0.1, 0.15) is 20.3 Å². The summed E-state index contributed by atoms with van der Waals surface area (Å²) < 4.78 is 0. The first-order chi connectivity index (χ1) is 9.70. The Bertz CT molecular complexity index is 578. The summed E-state index contributed by atoms with van der Waals surface area (Å²) in [6, 6.07) is 2.57. The van der Waals surface area contributed by atoms with Crippen LogP contribution in [0.15, 0.2) is 18.6 Å². The van der Waals surface area contributed by atoms with Crippen LogP contribution >= 0.6 is 0 Å². The van der Waals surface area contributed by atoms with Gasteiger partial charge in [-0.15, -0.1) is 0 Å². The number of hydrogen-bond donors (Lipinski definition) is 1. The molecule has 0 amide bonds. The van der Waals surface area contributed by atoms with Crippen molar-refractivity contribution in [3.8, 4) is 0 Å². The average Bonchev–Trinajstić information content (AvgIpc) is 2.95. The lowest BCUT2D eigenvalue weighted by Gasteiger charge is -2.42. The minimum atomic E-state index is 0.511. The van der Waals surface area contributed by atoms with Crippen LogP contribution in [0.3, 0.4) is 0 Å². The van der Waals surface area contributed by atoms with Gasteiger partial charge in [0.1, 0.15) is 17.8 Å². The van der Waals surface area contributed by atoms with Gasteiger partial charge in [0, 0.05) is 25.8 Å². The molecular weight excluding hydrogens is 250 g/mol. The maximum absolute atomic E-state index is 4.52. The van der Waals surface area contributed by atoms with Crippen molar-refractivity contribution in [3.05, 3.63) is 18.6 Å². The second-order valence-corrected chi connectivity index (χ2v) is 5.77. The second kappa shape index (κ2) is 5.40. The van der Waals surface area contributed by atoms with Gasteiger partial charge in [-0.1, -0.05) is 13.8 Å². The number of aromatic nitrogens is 3. The van der Waals surface area contributed by atoms with Gasteiger partial charge < -0.3 is 14.8 Å². The predicted octanol–water partition coefficient (Wildman–Crippen LogP) is 2.12. The highest BCUT2D eigenvalue weighted by molar-refractivity contribution is 5.87. The van der Waals surface area contributed by atoms with Gasteiger partial charge in [0.25, 0.3) is 0 Å². The fourth-order valence-electron chi connectivity index (χ4n) is 3.20. The molecule has 0 aromatic carbocycles. The van der Waals surface area contributed by atoms with Crippen molar-refractivity contribution in [2.45, 2.75) is 26.3 Å². The number of likely N-dealkylation sites (N-methyl/N-ethyl adjacent to an activating group) is 2. The monoisotopic (exact) mass is 273 g/mol. The summed E-state index contributed by atoms with van der Waals surface area (Å²) in [5.41, 5.74) is 0.915. The first kappa shape index (κ1) is 13.4. The standard InChI is InChI=1S/C15H23N5/c1-4-20-8-6-11(2)13(9-20)19(3)15-12-5-7-16-14(12)17-10-18-15/h5,7,10-11,13H,4,6,8-9H2,1-3H3,(H,16,17,18)/t11-,13+/m1/s1. The predicted molar refractivity (Wildman–Crippen MR) is 82.0 cm³/mol. The van der Waals surface area contributed by atoms with Crippen molar-refractivity contribution in [1.29, 1.82) is 0 Å². The van der Waals surface area contributed by atoms with Crippen LogP contribution in [0, 0.1) is 5.92 Å². The van der Waals surface area contributed by atoms with Crippen molar-refractivity contribution >= 4 is 16.9 Å². The molecule has 2 aromatic rings. The zero-order chi connectivity index (χ0) is 14.1. The second-order valence-electron chi connectivity index (χ2n) is 5.77. The molecule has 1 N–H and O–H groups in total. The van der Waals surface area contributed by atoms with Gasteiger partial charge in [-0.25, -0.2) is 9.97 Å². The summed E-state index contributed by atoms with van der Waals surface area (Å²) >= 11 is 0. The van der Waals surface area contributed by atoms with Crippen molar-refractivity contribution in [2.24, 2.45) is 5.92 Å². The van der Waals surface area contributed by atoms with E-state index in [2.05, 4.69) is 51.7 Å². The Morgan fingerprint density at radius 2 is 2.30 bits per heavy atom. The number of H-pyrrole nitrogens is 1. The van der Waals surface area contributed by atoms with E-state index < -0.39 is 0 Å². The van der Waals surface area contributed by atoms with Crippen LogP contribution in [-0.2, 0) is 0 Å². The van der Waals surface area contributed by atoms with E-state index in [4.69, 9.17) is 0 Å². The lowest BCUT2D eigenvalue weighted by Crippen LogP contribution is -2.51. The Hall–Kier alpha value is -1.62. The quantitative estimate of drug-likeness (QED) is 0.930. The highest BCUT2D eigenvalue weighted by Crippen LogP contribution is 2.28. The first-order valence-electron chi connectivity index (χ1n) is 7.44. The summed E-state index contributed by atoms with van der Waals surface area (Å²) in [6.07, 6.45) is 4.83.